The zero-order valence-corrected chi connectivity index (χ0v) is 17.6. The number of hydrogen-bond donors (Lipinski definition) is 3. The van der Waals surface area contributed by atoms with Crippen LogP contribution in [-0.2, 0) is 0 Å². The van der Waals surface area contributed by atoms with Crippen molar-refractivity contribution < 1.29 is 33.0 Å². The van der Waals surface area contributed by atoms with E-state index in [4.69, 9.17) is 18.6 Å². The van der Waals surface area contributed by atoms with Crippen molar-refractivity contribution in [1.29, 1.82) is 0 Å². The number of anilines is 1. The molecular formula is C22H21N3O7. The van der Waals surface area contributed by atoms with Gasteiger partial charge in [0.1, 0.15) is 0 Å². The van der Waals surface area contributed by atoms with Gasteiger partial charge in [0.05, 0.1) is 38.8 Å². The Labute approximate surface area is 183 Å². The maximum Gasteiger partial charge on any atom is 0.305 e. The Bertz CT molecular complexity index is 1100. The van der Waals surface area contributed by atoms with Gasteiger partial charge >= 0.3 is 5.91 Å². The first-order chi connectivity index (χ1) is 15.5. The number of carbonyl (C=O) groups excluding carboxylic acids is 3. The molecule has 3 aromatic rings. The number of ether oxygens (including phenoxy) is 3. The van der Waals surface area contributed by atoms with E-state index in [-0.39, 0.29) is 22.6 Å². The van der Waals surface area contributed by atoms with Crippen LogP contribution in [0.25, 0.3) is 0 Å². The highest BCUT2D eigenvalue weighted by atomic mass is 16.5. The monoisotopic (exact) mass is 439 g/mol. The lowest BCUT2D eigenvalue weighted by molar-refractivity contribution is 0.0831. The number of para-hydroxylation sites is 1. The summed E-state index contributed by atoms with van der Waals surface area (Å²) < 4.78 is 20.8. The average Bonchev–Trinajstić information content (AvgIpc) is 3.36. The number of carbonyl (C=O) groups is 3. The van der Waals surface area contributed by atoms with Gasteiger partial charge in [-0.1, -0.05) is 12.1 Å². The van der Waals surface area contributed by atoms with Crippen molar-refractivity contribution in [1.82, 2.24) is 10.9 Å². The van der Waals surface area contributed by atoms with Gasteiger partial charge in [-0.2, -0.15) is 0 Å². The maximum atomic E-state index is 12.9. The lowest BCUT2D eigenvalue weighted by Gasteiger charge is -2.15. The summed E-state index contributed by atoms with van der Waals surface area (Å²) in [6, 6.07) is 12.3. The van der Waals surface area contributed by atoms with Crippen molar-refractivity contribution >= 4 is 23.4 Å². The van der Waals surface area contributed by atoms with Crippen molar-refractivity contribution in [3.63, 3.8) is 0 Å². The molecule has 0 aliphatic rings. The van der Waals surface area contributed by atoms with Gasteiger partial charge < -0.3 is 23.9 Å². The van der Waals surface area contributed by atoms with Gasteiger partial charge in [0.15, 0.2) is 17.3 Å². The van der Waals surface area contributed by atoms with E-state index in [1.165, 1.54) is 51.9 Å². The topological polar surface area (TPSA) is 128 Å². The highest BCUT2D eigenvalue weighted by Gasteiger charge is 2.19. The molecule has 1 heterocycles. The molecule has 0 atom stereocenters. The van der Waals surface area contributed by atoms with Crippen LogP contribution >= 0.6 is 0 Å². The molecule has 1 aromatic heterocycles. The minimum absolute atomic E-state index is 0.0364. The molecule has 2 aromatic carbocycles. The zero-order valence-electron chi connectivity index (χ0n) is 17.6. The molecule has 3 N–H and O–H groups in total. The number of rotatable bonds is 7. The number of hydrazine groups is 1. The molecule has 3 rings (SSSR count). The summed E-state index contributed by atoms with van der Waals surface area (Å²) in [5.41, 5.74) is 5.12. The third-order valence-corrected chi connectivity index (χ3v) is 4.38. The number of amides is 3. The van der Waals surface area contributed by atoms with Crippen LogP contribution < -0.4 is 30.4 Å². The maximum absolute atomic E-state index is 12.9. The SMILES string of the molecule is COc1cc(C(=O)Nc2ccccc2C(=O)NNC(=O)c2ccco2)cc(OC)c1OC. The normalized spacial score (nSPS) is 10.1. The second-order valence-corrected chi connectivity index (χ2v) is 6.30. The largest absolute Gasteiger partial charge is 0.493 e. The third kappa shape index (κ3) is 4.81. The minimum Gasteiger partial charge on any atom is -0.493 e. The van der Waals surface area contributed by atoms with Crippen molar-refractivity contribution in [3.05, 3.63) is 71.7 Å². The summed E-state index contributed by atoms with van der Waals surface area (Å²) in [5.74, 6) is -0.766. The molecular weight excluding hydrogens is 418 g/mol. The van der Waals surface area contributed by atoms with Crippen LogP contribution in [0, 0.1) is 0 Å². The standard InChI is InChI=1S/C22H21N3O7/c1-29-17-11-13(12-18(30-2)19(17)31-3)20(26)23-15-8-5-4-7-14(15)21(27)24-25-22(28)16-9-6-10-32-16/h4-12H,1-3H3,(H,23,26)(H,24,27)(H,25,28). The highest BCUT2D eigenvalue weighted by molar-refractivity contribution is 6.09. The van der Waals surface area contributed by atoms with Crippen molar-refractivity contribution in [2.75, 3.05) is 26.6 Å². The fourth-order valence-electron chi connectivity index (χ4n) is 2.85. The predicted molar refractivity (Wildman–Crippen MR) is 114 cm³/mol. The van der Waals surface area contributed by atoms with Crippen LogP contribution in [0.4, 0.5) is 5.69 Å². The second kappa shape index (κ2) is 10.0. The van der Waals surface area contributed by atoms with Gasteiger partial charge in [0.25, 0.3) is 11.8 Å². The molecule has 0 aliphatic heterocycles. The Kier molecular flexibility index (Phi) is 6.96. The van der Waals surface area contributed by atoms with E-state index >= 15 is 0 Å². The summed E-state index contributed by atoms with van der Waals surface area (Å²) in [5, 5.41) is 2.68. The summed E-state index contributed by atoms with van der Waals surface area (Å²) in [6.07, 6.45) is 1.34. The van der Waals surface area contributed by atoms with E-state index in [0.29, 0.717) is 17.2 Å². The Hall–Kier alpha value is -4.47. The molecule has 0 fully saturated rings. The summed E-state index contributed by atoms with van der Waals surface area (Å²) in [7, 11) is 4.34. The Balaban J connectivity index is 1.78. The van der Waals surface area contributed by atoms with Gasteiger partial charge in [0.2, 0.25) is 5.75 Å². The van der Waals surface area contributed by atoms with Gasteiger partial charge in [-0.15, -0.1) is 0 Å². The molecule has 0 radical (unpaired) electrons. The first kappa shape index (κ1) is 22.2. The van der Waals surface area contributed by atoms with E-state index in [1.807, 2.05) is 0 Å². The summed E-state index contributed by atoms with van der Waals surface area (Å²) >= 11 is 0. The number of methoxy groups -OCH3 is 3. The zero-order chi connectivity index (χ0) is 23.1. The van der Waals surface area contributed by atoms with Crippen molar-refractivity contribution in [3.8, 4) is 17.2 Å². The Morgan fingerprint density at radius 2 is 1.44 bits per heavy atom. The van der Waals surface area contributed by atoms with Crippen LogP contribution in [0.5, 0.6) is 17.2 Å². The Morgan fingerprint density at radius 1 is 0.781 bits per heavy atom. The number of nitrogens with one attached hydrogen (secondary N) is 3. The number of furan rings is 1. The highest BCUT2D eigenvalue weighted by Crippen LogP contribution is 2.38. The van der Waals surface area contributed by atoms with Crippen molar-refractivity contribution in [2.45, 2.75) is 0 Å². The molecule has 166 valence electrons. The van der Waals surface area contributed by atoms with Gasteiger partial charge in [-0.25, -0.2) is 0 Å². The Morgan fingerprint density at radius 3 is 2.03 bits per heavy atom. The smallest absolute Gasteiger partial charge is 0.305 e. The quantitative estimate of drug-likeness (QED) is 0.483. The first-order valence-corrected chi connectivity index (χ1v) is 9.33. The lowest BCUT2D eigenvalue weighted by atomic mass is 10.1. The predicted octanol–water partition coefficient (Wildman–Crippen LogP) is 2.63. The molecule has 10 nitrogen and oxygen atoms in total. The molecule has 32 heavy (non-hydrogen) atoms. The van der Waals surface area contributed by atoms with E-state index in [2.05, 4.69) is 16.2 Å². The number of benzene rings is 2. The minimum atomic E-state index is -0.634. The van der Waals surface area contributed by atoms with Crippen LogP contribution in [0.1, 0.15) is 31.3 Å². The van der Waals surface area contributed by atoms with Crippen molar-refractivity contribution in [2.24, 2.45) is 0 Å². The van der Waals surface area contributed by atoms with E-state index in [9.17, 15) is 14.4 Å². The number of hydrogen-bond acceptors (Lipinski definition) is 7. The second-order valence-electron chi connectivity index (χ2n) is 6.30. The molecule has 0 spiro atoms. The molecule has 0 saturated carbocycles. The summed E-state index contributed by atoms with van der Waals surface area (Å²) in [6.45, 7) is 0. The average molecular weight is 439 g/mol. The third-order valence-electron chi connectivity index (χ3n) is 4.38. The van der Waals surface area contributed by atoms with Crippen LogP contribution in [-0.4, -0.2) is 39.1 Å². The fraction of sp³-hybridized carbons (Fsp3) is 0.136. The lowest BCUT2D eigenvalue weighted by Crippen LogP contribution is -2.41. The molecule has 0 saturated heterocycles. The van der Waals surface area contributed by atoms with E-state index < -0.39 is 17.7 Å². The van der Waals surface area contributed by atoms with Crippen LogP contribution in [0.15, 0.2) is 59.2 Å². The summed E-state index contributed by atoms with van der Waals surface area (Å²) in [4.78, 5) is 37.4. The first-order valence-electron chi connectivity index (χ1n) is 9.33. The molecule has 0 bridgehead atoms. The molecule has 0 aliphatic carbocycles. The molecule has 0 unspecified atom stereocenters. The van der Waals surface area contributed by atoms with Gasteiger partial charge in [-0.3, -0.25) is 25.2 Å². The van der Waals surface area contributed by atoms with Crippen LogP contribution in [0.3, 0.4) is 0 Å². The van der Waals surface area contributed by atoms with Gasteiger partial charge in [-0.05, 0) is 36.4 Å². The fourth-order valence-corrected chi connectivity index (χ4v) is 2.85. The van der Waals surface area contributed by atoms with E-state index in [1.54, 1.807) is 24.3 Å². The van der Waals surface area contributed by atoms with Gasteiger partial charge in [0, 0.05) is 5.56 Å². The molecule has 10 heteroatoms. The van der Waals surface area contributed by atoms with Crippen LogP contribution in [0.2, 0.25) is 0 Å². The molecule has 3 amide bonds. The van der Waals surface area contributed by atoms with E-state index in [0.717, 1.165) is 0 Å².